The number of aryl methyl sites for hydroxylation is 1. The van der Waals surface area contributed by atoms with Crippen molar-refractivity contribution in [3.8, 4) is 0 Å². The van der Waals surface area contributed by atoms with E-state index in [0.29, 0.717) is 12.0 Å². The van der Waals surface area contributed by atoms with Gasteiger partial charge in [-0.2, -0.15) is 4.98 Å². The van der Waals surface area contributed by atoms with Crippen molar-refractivity contribution in [1.29, 1.82) is 0 Å². The minimum absolute atomic E-state index is 0.259. The Kier molecular flexibility index (Phi) is 5.62. The van der Waals surface area contributed by atoms with Crippen LogP contribution in [-0.2, 0) is 6.42 Å². The molecule has 0 aliphatic heterocycles. The van der Waals surface area contributed by atoms with Gasteiger partial charge in [-0.25, -0.2) is 0 Å². The molecule has 1 aromatic rings. The molecule has 1 rings (SSSR count). The molecule has 2 unspecified atom stereocenters. The highest BCUT2D eigenvalue weighted by molar-refractivity contribution is 4.96. The highest BCUT2D eigenvalue weighted by Gasteiger charge is 2.19. The van der Waals surface area contributed by atoms with Gasteiger partial charge in [0.05, 0.1) is 5.92 Å². The van der Waals surface area contributed by atoms with Crippen LogP contribution in [0.1, 0.15) is 58.7 Å². The summed E-state index contributed by atoms with van der Waals surface area (Å²) in [5.74, 6) is 2.52. The third-order valence-corrected chi connectivity index (χ3v) is 3.09. The first-order valence-electron chi connectivity index (χ1n) is 6.60. The van der Waals surface area contributed by atoms with Gasteiger partial charge in [-0.3, -0.25) is 0 Å². The summed E-state index contributed by atoms with van der Waals surface area (Å²) in [6.45, 7) is 11.7. The summed E-state index contributed by atoms with van der Waals surface area (Å²) in [7, 11) is 0. The van der Waals surface area contributed by atoms with Crippen LogP contribution in [0.4, 0.5) is 0 Å². The monoisotopic (exact) mass is 239 g/mol. The summed E-state index contributed by atoms with van der Waals surface area (Å²) < 4.78 is 5.33. The van der Waals surface area contributed by atoms with Crippen molar-refractivity contribution in [2.45, 2.75) is 59.4 Å². The molecule has 0 amide bonds. The second-order valence-electron chi connectivity index (χ2n) is 5.12. The molecular weight excluding hydrogens is 214 g/mol. The summed E-state index contributed by atoms with van der Waals surface area (Å²) in [5, 5.41) is 7.41. The van der Waals surface area contributed by atoms with E-state index in [2.05, 4.69) is 50.1 Å². The first kappa shape index (κ1) is 14.2. The van der Waals surface area contributed by atoms with Crippen molar-refractivity contribution in [2.75, 3.05) is 6.54 Å². The van der Waals surface area contributed by atoms with Crippen LogP contribution in [0, 0.1) is 5.92 Å². The standard InChI is InChI=1S/C13H25N3O/c1-6-14-11(5)10(4)13-15-12(16-17-13)8-7-9(2)3/h9-11,14H,6-8H2,1-5H3. The third-order valence-electron chi connectivity index (χ3n) is 3.09. The van der Waals surface area contributed by atoms with Gasteiger partial charge in [0.2, 0.25) is 5.89 Å². The van der Waals surface area contributed by atoms with E-state index in [-0.39, 0.29) is 5.92 Å². The molecule has 0 radical (unpaired) electrons. The van der Waals surface area contributed by atoms with Gasteiger partial charge >= 0.3 is 0 Å². The lowest BCUT2D eigenvalue weighted by molar-refractivity contribution is 0.329. The zero-order valence-corrected chi connectivity index (χ0v) is 11.7. The summed E-state index contributed by atoms with van der Waals surface area (Å²) in [4.78, 5) is 4.47. The minimum atomic E-state index is 0.259. The quantitative estimate of drug-likeness (QED) is 0.795. The highest BCUT2D eigenvalue weighted by atomic mass is 16.5. The van der Waals surface area contributed by atoms with E-state index in [4.69, 9.17) is 4.52 Å². The molecule has 4 nitrogen and oxygen atoms in total. The van der Waals surface area contributed by atoms with Crippen LogP contribution in [0.5, 0.6) is 0 Å². The van der Waals surface area contributed by atoms with Crippen molar-refractivity contribution >= 4 is 0 Å². The fourth-order valence-electron chi connectivity index (χ4n) is 1.68. The normalized spacial score (nSPS) is 15.2. The van der Waals surface area contributed by atoms with Crippen LogP contribution in [0.25, 0.3) is 0 Å². The zero-order chi connectivity index (χ0) is 12.8. The number of nitrogens with one attached hydrogen (secondary N) is 1. The predicted molar refractivity (Wildman–Crippen MR) is 69.0 cm³/mol. The Hall–Kier alpha value is -0.900. The number of rotatable bonds is 7. The lowest BCUT2D eigenvalue weighted by Crippen LogP contribution is -2.30. The van der Waals surface area contributed by atoms with Gasteiger partial charge in [-0.15, -0.1) is 0 Å². The lowest BCUT2D eigenvalue weighted by Gasteiger charge is -2.16. The van der Waals surface area contributed by atoms with Crippen LogP contribution >= 0.6 is 0 Å². The fraction of sp³-hybridized carbons (Fsp3) is 0.846. The van der Waals surface area contributed by atoms with Crippen LogP contribution in [0.15, 0.2) is 4.52 Å². The van der Waals surface area contributed by atoms with Crippen molar-refractivity contribution in [2.24, 2.45) is 5.92 Å². The zero-order valence-electron chi connectivity index (χ0n) is 11.7. The number of aromatic nitrogens is 2. The number of hydrogen-bond acceptors (Lipinski definition) is 4. The maximum Gasteiger partial charge on any atom is 0.231 e. The molecular formula is C13H25N3O. The van der Waals surface area contributed by atoms with E-state index in [1.54, 1.807) is 0 Å². The van der Waals surface area contributed by atoms with Gasteiger partial charge in [0.25, 0.3) is 0 Å². The summed E-state index contributed by atoms with van der Waals surface area (Å²) in [5.41, 5.74) is 0. The van der Waals surface area contributed by atoms with Gasteiger partial charge in [0.1, 0.15) is 0 Å². The van der Waals surface area contributed by atoms with Gasteiger partial charge in [-0.1, -0.05) is 32.9 Å². The molecule has 0 saturated heterocycles. The Balaban J connectivity index is 2.54. The largest absolute Gasteiger partial charge is 0.339 e. The second-order valence-corrected chi connectivity index (χ2v) is 5.12. The van der Waals surface area contributed by atoms with Crippen molar-refractivity contribution in [3.63, 3.8) is 0 Å². The van der Waals surface area contributed by atoms with Crippen molar-refractivity contribution < 1.29 is 4.52 Å². The molecule has 1 N–H and O–H groups in total. The van der Waals surface area contributed by atoms with E-state index in [1.807, 2.05) is 0 Å². The topological polar surface area (TPSA) is 51.0 Å². The van der Waals surface area contributed by atoms with Gasteiger partial charge in [0, 0.05) is 12.5 Å². The SMILES string of the molecule is CCNC(C)C(C)c1nc(CCC(C)C)no1. The second kappa shape index (κ2) is 6.74. The summed E-state index contributed by atoms with van der Waals surface area (Å²) in [6.07, 6.45) is 2.01. The van der Waals surface area contributed by atoms with E-state index >= 15 is 0 Å². The van der Waals surface area contributed by atoms with Crippen LogP contribution < -0.4 is 5.32 Å². The molecule has 1 heterocycles. The van der Waals surface area contributed by atoms with Crippen LogP contribution in [0.2, 0.25) is 0 Å². The third kappa shape index (κ3) is 4.46. The highest BCUT2D eigenvalue weighted by Crippen LogP contribution is 2.17. The number of hydrogen-bond donors (Lipinski definition) is 1. The molecule has 98 valence electrons. The number of nitrogens with zero attached hydrogens (tertiary/aromatic N) is 2. The molecule has 0 aliphatic carbocycles. The molecule has 0 bridgehead atoms. The molecule has 4 heteroatoms. The maximum absolute atomic E-state index is 5.33. The Morgan fingerprint density at radius 3 is 2.53 bits per heavy atom. The van der Waals surface area contributed by atoms with Gasteiger partial charge in [-0.05, 0) is 25.8 Å². The molecule has 17 heavy (non-hydrogen) atoms. The molecule has 0 saturated carbocycles. The Morgan fingerprint density at radius 1 is 1.24 bits per heavy atom. The number of likely N-dealkylation sites (N-methyl/N-ethyl adjacent to an activating group) is 1. The molecule has 0 spiro atoms. The minimum Gasteiger partial charge on any atom is -0.339 e. The van der Waals surface area contributed by atoms with E-state index < -0.39 is 0 Å². The predicted octanol–water partition coefficient (Wildman–Crippen LogP) is 2.76. The van der Waals surface area contributed by atoms with E-state index in [1.165, 1.54) is 0 Å². The molecule has 0 aliphatic rings. The summed E-state index contributed by atoms with van der Waals surface area (Å²) in [6, 6.07) is 0.360. The van der Waals surface area contributed by atoms with Crippen molar-refractivity contribution in [3.05, 3.63) is 11.7 Å². The van der Waals surface area contributed by atoms with Crippen LogP contribution in [0.3, 0.4) is 0 Å². The Morgan fingerprint density at radius 2 is 1.94 bits per heavy atom. The molecule has 1 aromatic heterocycles. The smallest absolute Gasteiger partial charge is 0.231 e. The van der Waals surface area contributed by atoms with Crippen molar-refractivity contribution in [1.82, 2.24) is 15.5 Å². The average molecular weight is 239 g/mol. The van der Waals surface area contributed by atoms with E-state index in [0.717, 1.165) is 31.1 Å². The Bertz CT molecular complexity index is 322. The summed E-state index contributed by atoms with van der Waals surface area (Å²) >= 11 is 0. The molecule has 0 fully saturated rings. The first-order chi connectivity index (χ1) is 8.04. The average Bonchev–Trinajstić information content (AvgIpc) is 2.74. The van der Waals surface area contributed by atoms with Gasteiger partial charge in [0.15, 0.2) is 5.82 Å². The Labute approximate surface area is 104 Å². The van der Waals surface area contributed by atoms with Crippen LogP contribution in [-0.4, -0.2) is 22.7 Å². The molecule has 2 atom stereocenters. The van der Waals surface area contributed by atoms with Gasteiger partial charge < -0.3 is 9.84 Å². The molecule has 0 aromatic carbocycles. The first-order valence-corrected chi connectivity index (χ1v) is 6.60. The van der Waals surface area contributed by atoms with E-state index in [9.17, 15) is 0 Å². The maximum atomic E-state index is 5.33. The fourth-order valence-corrected chi connectivity index (χ4v) is 1.68. The lowest BCUT2D eigenvalue weighted by atomic mass is 10.0.